The number of carbonyl (C=O) groups excluding carboxylic acids is 2. The molecule has 4 aromatic carbocycles. The van der Waals surface area contributed by atoms with Crippen molar-refractivity contribution in [3.63, 3.8) is 0 Å². The van der Waals surface area contributed by atoms with Crippen molar-refractivity contribution in [2.45, 2.75) is 64.1 Å². The molecule has 4 rings (SSSR count). The molecule has 0 radical (unpaired) electrons. The Morgan fingerprint density at radius 1 is 0.809 bits per heavy atom. The van der Waals surface area contributed by atoms with E-state index in [1.54, 1.807) is 55.5 Å². The van der Waals surface area contributed by atoms with Gasteiger partial charge in [-0.1, -0.05) is 102 Å². The lowest BCUT2D eigenvalue weighted by atomic mass is 10.0. The van der Waals surface area contributed by atoms with Gasteiger partial charge in [0.2, 0.25) is 11.8 Å². The topological polar surface area (TPSA) is 86.8 Å². The number of halogens is 3. The van der Waals surface area contributed by atoms with Gasteiger partial charge in [0, 0.05) is 24.0 Å². The molecule has 0 spiro atoms. The summed E-state index contributed by atoms with van der Waals surface area (Å²) in [5, 5.41) is 4.01. The van der Waals surface area contributed by atoms with Crippen molar-refractivity contribution in [1.82, 2.24) is 10.2 Å². The number of hydrogen-bond donors (Lipinski definition) is 1. The molecule has 0 saturated carbocycles. The highest BCUT2D eigenvalue weighted by Crippen LogP contribution is 2.32. The van der Waals surface area contributed by atoms with Crippen molar-refractivity contribution in [2.75, 3.05) is 10.8 Å². The Hall–Kier alpha value is -3.56. The Morgan fingerprint density at radius 2 is 1.49 bits per heavy atom. The summed E-state index contributed by atoms with van der Waals surface area (Å²) in [7, 11) is -4.26. The number of hydrogen-bond acceptors (Lipinski definition) is 4. The monoisotopic (exact) mass is 713 g/mol. The molecule has 0 aliphatic rings. The summed E-state index contributed by atoms with van der Waals surface area (Å²) in [5.41, 5.74) is 3.08. The molecule has 7 nitrogen and oxygen atoms in total. The van der Waals surface area contributed by atoms with E-state index in [0.717, 1.165) is 15.4 Å². The lowest BCUT2D eigenvalue weighted by Gasteiger charge is -2.34. The average Bonchev–Trinajstić information content (AvgIpc) is 3.05. The first-order valence-corrected chi connectivity index (χ1v) is 17.8. The number of rotatable bonds is 13. The number of nitrogens with zero attached hydrogens (tertiary/aromatic N) is 2. The number of nitrogens with one attached hydrogen (secondary N) is 1. The van der Waals surface area contributed by atoms with E-state index >= 15 is 0 Å². The van der Waals surface area contributed by atoms with Gasteiger partial charge in [-0.2, -0.15) is 0 Å². The maximum Gasteiger partial charge on any atom is 0.264 e. The van der Waals surface area contributed by atoms with Gasteiger partial charge in [-0.3, -0.25) is 13.9 Å². The molecule has 0 fully saturated rings. The summed E-state index contributed by atoms with van der Waals surface area (Å²) in [6.45, 7) is 6.77. The van der Waals surface area contributed by atoms with Gasteiger partial charge in [0.1, 0.15) is 12.6 Å². The molecule has 4 aromatic rings. The predicted octanol–water partition coefficient (Wildman–Crippen LogP) is 8.01. The number of aryl methyl sites for hydroxylation is 1. The molecule has 248 valence electrons. The fraction of sp³-hybridized carbons (Fsp3) is 0.278. The van der Waals surface area contributed by atoms with E-state index in [4.69, 9.17) is 34.8 Å². The molecule has 0 saturated heterocycles. The highest BCUT2D eigenvalue weighted by Gasteiger charge is 2.35. The molecular weight excluding hydrogens is 677 g/mol. The molecule has 0 bridgehead atoms. The highest BCUT2D eigenvalue weighted by molar-refractivity contribution is 7.92. The minimum Gasteiger partial charge on any atom is -0.352 e. The standard InChI is InChI=1S/C36H38Cl3N3O4S/c1-5-25(3)40-36(44)34(21-27-10-7-6-8-11-27)41(22-28-16-19-31(38)32(39)20-28)35(43)23-42(33-13-9-12-30(37)26(33)4)47(45,46)29-17-14-24(2)15-18-29/h6-20,25,34H,5,21-23H2,1-4H3,(H,40,44)/t25-,34-/m0/s1. The van der Waals surface area contributed by atoms with Gasteiger partial charge in [-0.15, -0.1) is 0 Å². The summed E-state index contributed by atoms with van der Waals surface area (Å²) in [6.07, 6.45) is 0.873. The second kappa shape index (κ2) is 16.0. The average molecular weight is 715 g/mol. The van der Waals surface area contributed by atoms with Crippen LogP contribution >= 0.6 is 34.8 Å². The van der Waals surface area contributed by atoms with Crippen LogP contribution in [0.2, 0.25) is 15.1 Å². The number of benzene rings is 4. The highest BCUT2D eigenvalue weighted by atomic mass is 35.5. The fourth-order valence-electron chi connectivity index (χ4n) is 5.05. The first-order valence-electron chi connectivity index (χ1n) is 15.2. The molecule has 2 atom stereocenters. The summed E-state index contributed by atoms with van der Waals surface area (Å²) >= 11 is 19.0. The van der Waals surface area contributed by atoms with Crippen LogP contribution in [-0.2, 0) is 32.6 Å². The third-order valence-corrected chi connectivity index (χ3v) is 10.9. The second-order valence-electron chi connectivity index (χ2n) is 11.5. The summed E-state index contributed by atoms with van der Waals surface area (Å²) in [6, 6.07) is 24.5. The Balaban J connectivity index is 1.85. The maximum absolute atomic E-state index is 14.7. The van der Waals surface area contributed by atoms with Crippen LogP contribution in [0.1, 0.15) is 42.5 Å². The third-order valence-electron chi connectivity index (χ3n) is 8.00. The molecule has 0 aliphatic carbocycles. The Kier molecular flexibility index (Phi) is 12.4. The van der Waals surface area contributed by atoms with Crippen LogP contribution in [0.5, 0.6) is 0 Å². The summed E-state index contributed by atoms with van der Waals surface area (Å²) in [5.74, 6) is -0.949. The van der Waals surface area contributed by atoms with E-state index in [1.807, 2.05) is 51.1 Å². The maximum atomic E-state index is 14.7. The van der Waals surface area contributed by atoms with Crippen LogP contribution in [0, 0.1) is 13.8 Å². The third kappa shape index (κ3) is 9.08. The number of amides is 2. The molecule has 1 N–H and O–H groups in total. The quantitative estimate of drug-likeness (QED) is 0.152. The Bertz CT molecular complexity index is 1820. The predicted molar refractivity (Wildman–Crippen MR) is 191 cm³/mol. The Labute approximate surface area is 292 Å². The van der Waals surface area contributed by atoms with E-state index in [2.05, 4.69) is 5.32 Å². The molecular formula is C36H38Cl3N3O4S. The van der Waals surface area contributed by atoms with Crippen molar-refractivity contribution < 1.29 is 18.0 Å². The minimum absolute atomic E-state index is 0.0154. The second-order valence-corrected chi connectivity index (χ2v) is 14.6. The number of carbonyl (C=O) groups is 2. The van der Waals surface area contributed by atoms with Crippen molar-refractivity contribution in [3.05, 3.63) is 128 Å². The zero-order valence-corrected chi connectivity index (χ0v) is 29.8. The van der Waals surface area contributed by atoms with Gasteiger partial charge in [-0.05, 0) is 80.3 Å². The van der Waals surface area contributed by atoms with E-state index < -0.39 is 28.5 Å². The summed E-state index contributed by atoms with van der Waals surface area (Å²) < 4.78 is 29.6. The van der Waals surface area contributed by atoms with Crippen LogP contribution in [0.15, 0.2) is 95.9 Å². The van der Waals surface area contributed by atoms with E-state index in [0.29, 0.717) is 32.6 Å². The zero-order chi connectivity index (χ0) is 34.3. The smallest absolute Gasteiger partial charge is 0.264 e. The molecule has 11 heteroatoms. The SMILES string of the molecule is CC[C@H](C)NC(=O)[C@H](Cc1ccccc1)N(Cc1ccc(Cl)c(Cl)c1)C(=O)CN(c1cccc(Cl)c1C)S(=O)(=O)c1ccc(C)cc1. The van der Waals surface area contributed by atoms with Gasteiger partial charge in [0.05, 0.1) is 20.6 Å². The van der Waals surface area contributed by atoms with Gasteiger partial charge in [0.15, 0.2) is 0 Å². The lowest BCUT2D eigenvalue weighted by molar-refractivity contribution is -0.140. The van der Waals surface area contributed by atoms with Crippen LogP contribution in [0.3, 0.4) is 0 Å². The number of anilines is 1. The van der Waals surface area contributed by atoms with Crippen LogP contribution in [0.4, 0.5) is 5.69 Å². The van der Waals surface area contributed by atoms with Crippen molar-refractivity contribution in [3.8, 4) is 0 Å². The van der Waals surface area contributed by atoms with Crippen molar-refractivity contribution >= 4 is 62.3 Å². The zero-order valence-electron chi connectivity index (χ0n) is 26.7. The molecule has 47 heavy (non-hydrogen) atoms. The first-order chi connectivity index (χ1) is 22.3. The van der Waals surface area contributed by atoms with Crippen molar-refractivity contribution in [1.29, 1.82) is 0 Å². The normalized spacial score (nSPS) is 12.7. The van der Waals surface area contributed by atoms with E-state index in [-0.39, 0.29) is 35.5 Å². The molecule has 0 heterocycles. The van der Waals surface area contributed by atoms with Gasteiger partial charge in [0.25, 0.3) is 10.0 Å². The van der Waals surface area contributed by atoms with E-state index in [9.17, 15) is 18.0 Å². The molecule has 0 unspecified atom stereocenters. The molecule has 0 aromatic heterocycles. The first kappa shape index (κ1) is 36.3. The Morgan fingerprint density at radius 3 is 2.13 bits per heavy atom. The summed E-state index contributed by atoms with van der Waals surface area (Å²) in [4.78, 5) is 30.1. The van der Waals surface area contributed by atoms with Gasteiger partial charge in [-0.25, -0.2) is 8.42 Å². The van der Waals surface area contributed by atoms with Gasteiger partial charge < -0.3 is 10.2 Å². The molecule has 2 amide bonds. The number of sulfonamides is 1. The molecule has 0 aliphatic heterocycles. The van der Waals surface area contributed by atoms with Crippen LogP contribution in [0.25, 0.3) is 0 Å². The minimum atomic E-state index is -4.26. The van der Waals surface area contributed by atoms with Gasteiger partial charge >= 0.3 is 0 Å². The fourth-order valence-corrected chi connectivity index (χ4v) is 7.01. The van der Waals surface area contributed by atoms with E-state index in [1.165, 1.54) is 17.0 Å². The largest absolute Gasteiger partial charge is 0.352 e. The lowest BCUT2D eigenvalue weighted by Crippen LogP contribution is -2.54. The van der Waals surface area contributed by atoms with Crippen molar-refractivity contribution in [2.24, 2.45) is 0 Å². The van der Waals surface area contributed by atoms with Crippen LogP contribution in [-0.4, -0.2) is 43.8 Å². The van der Waals surface area contributed by atoms with Crippen LogP contribution < -0.4 is 9.62 Å².